The topological polar surface area (TPSA) is 36.4 Å². The van der Waals surface area contributed by atoms with Gasteiger partial charge in [0.25, 0.3) is 5.91 Å². The van der Waals surface area contributed by atoms with Crippen LogP contribution in [0.2, 0.25) is 0 Å². The SMILES string of the molecule is CN1CCC2(CC1)c1cnccc1C(=O)N2C. The molecule has 2 aliphatic rings. The zero-order valence-corrected chi connectivity index (χ0v) is 10.3. The van der Waals surface area contributed by atoms with E-state index in [1.54, 1.807) is 6.20 Å². The van der Waals surface area contributed by atoms with Crippen LogP contribution >= 0.6 is 0 Å². The van der Waals surface area contributed by atoms with Crippen LogP contribution in [0.1, 0.15) is 28.8 Å². The molecule has 0 aromatic carbocycles. The fourth-order valence-electron chi connectivity index (χ4n) is 3.10. The van der Waals surface area contributed by atoms with Gasteiger partial charge in [0.05, 0.1) is 5.54 Å². The van der Waals surface area contributed by atoms with E-state index >= 15 is 0 Å². The van der Waals surface area contributed by atoms with E-state index in [0.29, 0.717) is 0 Å². The van der Waals surface area contributed by atoms with Crippen molar-refractivity contribution in [2.75, 3.05) is 27.2 Å². The van der Waals surface area contributed by atoms with Gasteiger partial charge in [-0.25, -0.2) is 0 Å². The standard InChI is InChI=1S/C13H17N3O/c1-15-7-4-13(5-8-15)11-9-14-6-3-10(11)12(17)16(13)2/h3,6,9H,4-5,7-8H2,1-2H3. The maximum absolute atomic E-state index is 12.2. The Morgan fingerprint density at radius 3 is 2.71 bits per heavy atom. The van der Waals surface area contributed by atoms with Gasteiger partial charge in [0, 0.05) is 43.7 Å². The second-order valence-electron chi connectivity index (χ2n) is 5.12. The maximum Gasteiger partial charge on any atom is 0.254 e. The summed E-state index contributed by atoms with van der Waals surface area (Å²) in [6.45, 7) is 2.07. The van der Waals surface area contributed by atoms with Gasteiger partial charge in [-0.05, 0) is 26.0 Å². The van der Waals surface area contributed by atoms with E-state index in [1.807, 2.05) is 24.2 Å². The van der Waals surface area contributed by atoms with Crippen LogP contribution in [-0.2, 0) is 5.54 Å². The lowest BCUT2D eigenvalue weighted by molar-refractivity contribution is 0.0424. The summed E-state index contributed by atoms with van der Waals surface area (Å²) in [5, 5.41) is 0. The minimum Gasteiger partial charge on any atom is -0.332 e. The summed E-state index contributed by atoms with van der Waals surface area (Å²) in [5.74, 6) is 0.145. The minimum atomic E-state index is -0.104. The molecule has 1 aromatic rings. The number of carbonyl (C=O) groups excluding carboxylic acids is 1. The number of pyridine rings is 1. The van der Waals surface area contributed by atoms with Gasteiger partial charge in [0.15, 0.2) is 0 Å². The van der Waals surface area contributed by atoms with Gasteiger partial charge in [-0.3, -0.25) is 9.78 Å². The van der Waals surface area contributed by atoms with Gasteiger partial charge >= 0.3 is 0 Å². The molecule has 1 spiro atoms. The lowest BCUT2D eigenvalue weighted by Crippen LogP contribution is -2.48. The number of carbonyl (C=O) groups is 1. The molecule has 1 fully saturated rings. The Labute approximate surface area is 101 Å². The predicted molar refractivity (Wildman–Crippen MR) is 64.7 cm³/mol. The molecule has 1 saturated heterocycles. The van der Waals surface area contributed by atoms with Gasteiger partial charge < -0.3 is 9.80 Å². The highest BCUT2D eigenvalue weighted by Gasteiger charge is 2.48. The molecule has 0 atom stereocenters. The third-order valence-corrected chi connectivity index (χ3v) is 4.31. The van der Waals surface area contributed by atoms with E-state index in [0.717, 1.165) is 37.1 Å². The molecule has 0 N–H and O–H groups in total. The average molecular weight is 231 g/mol. The van der Waals surface area contributed by atoms with Crippen LogP contribution in [0.15, 0.2) is 18.5 Å². The van der Waals surface area contributed by atoms with Crippen molar-refractivity contribution >= 4 is 5.91 Å². The summed E-state index contributed by atoms with van der Waals surface area (Å²) in [6.07, 6.45) is 5.59. The first kappa shape index (κ1) is 10.7. The largest absolute Gasteiger partial charge is 0.332 e. The second kappa shape index (κ2) is 3.53. The van der Waals surface area contributed by atoms with Gasteiger partial charge in [-0.2, -0.15) is 0 Å². The lowest BCUT2D eigenvalue weighted by Gasteiger charge is -2.42. The Morgan fingerprint density at radius 1 is 1.29 bits per heavy atom. The van der Waals surface area contributed by atoms with E-state index < -0.39 is 0 Å². The number of nitrogens with zero attached hydrogens (tertiary/aromatic N) is 3. The van der Waals surface area contributed by atoms with Crippen molar-refractivity contribution in [2.24, 2.45) is 0 Å². The first-order valence-corrected chi connectivity index (χ1v) is 6.06. The highest BCUT2D eigenvalue weighted by Crippen LogP contribution is 2.44. The Balaban J connectivity index is 2.09. The molecule has 90 valence electrons. The summed E-state index contributed by atoms with van der Waals surface area (Å²) in [4.78, 5) is 20.7. The van der Waals surface area contributed by atoms with E-state index in [4.69, 9.17) is 0 Å². The molecule has 1 aromatic heterocycles. The third-order valence-electron chi connectivity index (χ3n) is 4.31. The zero-order valence-electron chi connectivity index (χ0n) is 10.3. The molecule has 2 aliphatic heterocycles. The van der Waals surface area contributed by atoms with E-state index in [-0.39, 0.29) is 11.4 Å². The molecule has 0 saturated carbocycles. The van der Waals surface area contributed by atoms with E-state index in [9.17, 15) is 4.79 Å². The van der Waals surface area contributed by atoms with Gasteiger partial charge in [0.1, 0.15) is 0 Å². The van der Waals surface area contributed by atoms with Crippen LogP contribution < -0.4 is 0 Å². The van der Waals surface area contributed by atoms with Gasteiger partial charge in [0.2, 0.25) is 0 Å². The van der Waals surface area contributed by atoms with Crippen molar-refractivity contribution < 1.29 is 4.79 Å². The fourth-order valence-corrected chi connectivity index (χ4v) is 3.10. The number of likely N-dealkylation sites (tertiary alicyclic amines) is 1. The van der Waals surface area contributed by atoms with Crippen LogP contribution in [0, 0.1) is 0 Å². The van der Waals surface area contributed by atoms with E-state index in [1.165, 1.54) is 0 Å². The van der Waals surface area contributed by atoms with Crippen LogP contribution in [-0.4, -0.2) is 47.9 Å². The number of aromatic nitrogens is 1. The smallest absolute Gasteiger partial charge is 0.254 e. The Bertz CT molecular complexity index is 463. The maximum atomic E-state index is 12.2. The Morgan fingerprint density at radius 2 is 2.00 bits per heavy atom. The molecule has 0 radical (unpaired) electrons. The minimum absolute atomic E-state index is 0.104. The molecule has 0 bridgehead atoms. The summed E-state index contributed by atoms with van der Waals surface area (Å²) in [5.41, 5.74) is 1.86. The quantitative estimate of drug-likeness (QED) is 0.670. The average Bonchev–Trinajstić information content (AvgIpc) is 2.57. The van der Waals surface area contributed by atoms with Crippen molar-refractivity contribution in [1.29, 1.82) is 0 Å². The molecule has 3 heterocycles. The van der Waals surface area contributed by atoms with Crippen LogP contribution in [0.4, 0.5) is 0 Å². The first-order valence-electron chi connectivity index (χ1n) is 6.06. The Kier molecular flexibility index (Phi) is 2.23. The van der Waals surface area contributed by atoms with Crippen molar-refractivity contribution in [2.45, 2.75) is 18.4 Å². The highest BCUT2D eigenvalue weighted by atomic mass is 16.2. The van der Waals surface area contributed by atoms with Crippen molar-refractivity contribution in [1.82, 2.24) is 14.8 Å². The summed E-state index contributed by atoms with van der Waals surface area (Å²) in [6, 6.07) is 1.85. The molecular formula is C13H17N3O. The molecule has 4 nitrogen and oxygen atoms in total. The number of fused-ring (bicyclic) bond motifs is 2. The molecular weight excluding hydrogens is 214 g/mol. The van der Waals surface area contributed by atoms with Crippen LogP contribution in [0.3, 0.4) is 0 Å². The number of hydrogen-bond acceptors (Lipinski definition) is 3. The van der Waals surface area contributed by atoms with Crippen molar-refractivity contribution in [3.8, 4) is 0 Å². The zero-order chi connectivity index (χ0) is 12.0. The predicted octanol–water partition coefficient (Wildman–Crippen LogP) is 1.09. The number of rotatable bonds is 0. The van der Waals surface area contributed by atoms with Gasteiger partial charge in [-0.15, -0.1) is 0 Å². The number of piperidine rings is 1. The summed E-state index contributed by atoms with van der Waals surface area (Å²) < 4.78 is 0. The molecule has 1 amide bonds. The molecule has 4 heteroatoms. The second-order valence-corrected chi connectivity index (χ2v) is 5.12. The fraction of sp³-hybridized carbons (Fsp3) is 0.538. The van der Waals surface area contributed by atoms with Crippen LogP contribution in [0.25, 0.3) is 0 Å². The first-order chi connectivity index (χ1) is 8.15. The monoisotopic (exact) mass is 231 g/mol. The van der Waals surface area contributed by atoms with E-state index in [2.05, 4.69) is 16.9 Å². The molecule has 0 unspecified atom stereocenters. The normalized spacial score (nSPS) is 23.2. The Hall–Kier alpha value is -1.42. The molecule has 3 rings (SSSR count). The molecule has 17 heavy (non-hydrogen) atoms. The van der Waals surface area contributed by atoms with Crippen molar-refractivity contribution in [3.63, 3.8) is 0 Å². The number of hydrogen-bond donors (Lipinski definition) is 0. The third kappa shape index (κ3) is 1.33. The van der Waals surface area contributed by atoms with Crippen LogP contribution in [0.5, 0.6) is 0 Å². The van der Waals surface area contributed by atoms with Crippen molar-refractivity contribution in [3.05, 3.63) is 29.6 Å². The number of amides is 1. The highest BCUT2D eigenvalue weighted by molar-refractivity contribution is 5.99. The summed E-state index contributed by atoms with van der Waals surface area (Å²) >= 11 is 0. The molecule has 0 aliphatic carbocycles. The summed E-state index contributed by atoms with van der Waals surface area (Å²) in [7, 11) is 4.06. The lowest BCUT2D eigenvalue weighted by atomic mass is 9.82. The van der Waals surface area contributed by atoms with Gasteiger partial charge in [-0.1, -0.05) is 0 Å².